The number of hydrogen-bond donors (Lipinski definition) is 1. The molecule has 1 aliphatic heterocycles. The lowest BCUT2D eigenvalue weighted by molar-refractivity contribution is -0.133. The number of piperidine rings is 1. The lowest BCUT2D eigenvalue weighted by Crippen LogP contribution is -2.41. The summed E-state index contributed by atoms with van der Waals surface area (Å²) in [5.41, 5.74) is 3.14. The van der Waals surface area contributed by atoms with Gasteiger partial charge in [-0.2, -0.15) is 10.2 Å². The fourth-order valence-corrected chi connectivity index (χ4v) is 3.54. The Hall–Kier alpha value is -2.44. The van der Waals surface area contributed by atoms with Crippen LogP contribution in [0.2, 0.25) is 0 Å². The maximum atomic E-state index is 12.7. The molecule has 7 nitrogen and oxygen atoms in total. The van der Waals surface area contributed by atoms with Gasteiger partial charge in [0.25, 0.3) is 0 Å². The molecule has 1 N–H and O–H groups in total. The number of aromatic nitrogens is 4. The van der Waals surface area contributed by atoms with Crippen molar-refractivity contribution in [2.24, 2.45) is 0 Å². The topological polar surface area (TPSA) is 83.9 Å². The van der Waals surface area contributed by atoms with E-state index >= 15 is 0 Å². The molecule has 0 saturated carbocycles. The van der Waals surface area contributed by atoms with E-state index in [-0.39, 0.29) is 18.2 Å². The fourth-order valence-electron chi connectivity index (χ4n) is 3.54. The number of aryl methyl sites for hydroxylation is 1. The lowest BCUT2D eigenvalue weighted by atomic mass is 9.95. The standard InChI is InChI=1S/C17H23N5O2/c1-11-17(13(3)23)12(2)22(20-11)10-16(24)21-8-4-5-14(9-21)15-6-7-18-19-15/h6-7,14H,4-5,8-10H2,1-3H3,(H,18,19)/t14-/m0/s1. The van der Waals surface area contributed by atoms with Crippen LogP contribution >= 0.6 is 0 Å². The quantitative estimate of drug-likeness (QED) is 0.867. The van der Waals surface area contributed by atoms with Crippen LogP contribution in [0.4, 0.5) is 0 Å². The molecule has 0 spiro atoms. The number of carbonyl (C=O) groups excluding carboxylic acids is 2. The molecule has 2 aromatic heterocycles. The molecule has 0 bridgehead atoms. The molecule has 1 aliphatic rings. The summed E-state index contributed by atoms with van der Waals surface area (Å²) in [6, 6.07) is 1.97. The van der Waals surface area contributed by atoms with E-state index in [0.717, 1.165) is 30.8 Å². The van der Waals surface area contributed by atoms with Crippen LogP contribution in [0.25, 0.3) is 0 Å². The zero-order valence-electron chi connectivity index (χ0n) is 14.4. The van der Waals surface area contributed by atoms with Crippen LogP contribution in [0.3, 0.4) is 0 Å². The van der Waals surface area contributed by atoms with E-state index in [1.54, 1.807) is 17.8 Å². The first-order chi connectivity index (χ1) is 11.5. The number of nitrogens with one attached hydrogen (secondary N) is 1. The third kappa shape index (κ3) is 3.11. The van der Waals surface area contributed by atoms with Gasteiger partial charge in [-0.15, -0.1) is 0 Å². The van der Waals surface area contributed by atoms with E-state index in [1.807, 2.05) is 17.9 Å². The Bertz CT molecular complexity index is 747. The summed E-state index contributed by atoms with van der Waals surface area (Å²) < 4.78 is 1.65. The second kappa shape index (κ2) is 6.59. The van der Waals surface area contributed by atoms with Gasteiger partial charge in [0.1, 0.15) is 6.54 Å². The Labute approximate surface area is 141 Å². The van der Waals surface area contributed by atoms with Crippen molar-refractivity contribution in [1.82, 2.24) is 24.9 Å². The average molecular weight is 329 g/mol. The van der Waals surface area contributed by atoms with Crippen LogP contribution in [-0.4, -0.2) is 49.7 Å². The average Bonchev–Trinajstić information content (AvgIpc) is 3.16. The molecule has 1 atom stereocenters. The maximum Gasteiger partial charge on any atom is 0.244 e. The molecule has 3 rings (SSSR count). The molecular weight excluding hydrogens is 306 g/mol. The fraction of sp³-hybridized carbons (Fsp3) is 0.529. The van der Waals surface area contributed by atoms with Crippen LogP contribution < -0.4 is 0 Å². The summed E-state index contributed by atoms with van der Waals surface area (Å²) in [5, 5.41) is 11.4. The number of Topliss-reactive ketones (excluding diaryl/α,β-unsaturated/α-hetero) is 1. The van der Waals surface area contributed by atoms with Crippen LogP contribution in [0.5, 0.6) is 0 Å². The van der Waals surface area contributed by atoms with Gasteiger partial charge in [0.15, 0.2) is 5.78 Å². The summed E-state index contributed by atoms with van der Waals surface area (Å²) in [4.78, 5) is 26.3. The van der Waals surface area contributed by atoms with Crippen molar-refractivity contribution >= 4 is 11.7 Å². The molecule has 0 aliphatic carbocycles. The second-order valence-corrected chi connectivity index (χ2v) is 6.45. The van der Waals surface area contributed by atoms with Crippen molar-refractivity contribution in [3.63, 3.8) is 0 Å². The van der Waals surface area contributed by atoms with E-state index in [2.05, 4.69) is 15.3 Å². The van der Waals surface area contributed by atoms with Crippen molar-refractivity contribution in [1.29, 1.82) is 0 Å². The molecule has 128 valence electrons. The van der Waals surface area contributed by atoms with Crippen molar-refractivity contribution in [2.45, 2.75) is 46.1 Å². The van der Waals surface area contributed by atoms with E-state index < -0.39 is 0 Å². The van der Waals surface area contributed by atoms with E-state index in [1.165, 1.54) is 6.92 Å². The Balaban J connectivity index is 1.71. The number of ketones is 1. The maximum absolute atomic E-state index is 12.7. The van der Waals surface area contributed by atoms with Gasteiger partial charge >= 0.3 is 0 Å². The highest BCUT2D eigenvalue weighted by Gasteiger charge is 2.26. The minimum Gasteiger partial charge on any atom is -0.340 e. The smallest absolute Gasteiger partial charge is 0.244 e. The highest BCUT2D eigenvalue weighted by atomic mass is 16.2. The molecule has 0 radical (unpaired) electrons. The van der Waals surface area contributed by atoms with Gasteiger partial charge in [-0.1, -0.05) is 0 Å². The van der Waals surface area contributed by atoms with Gasteiger partial charge in [-0.25, -0.2) is 0 Å². The van der Waals surface area contributed by atoms with Gasteiger partial charge in [-0.3, -0.25) is 19.4 Å². The molecule has 24 heavy (non-hydrogen) atoms. The SMILES string of the molecule is CC(=O)c1c(C)nn(CC(=O)N2CCC[C@H](c3ccn[nH]3)C2)c1C. The van der Waals surface area contributed by atoms with E-state index in [4.69, 9.17) is 0 Å². The highest BCUT2D eigenvalue weighted by Crippen LogP contribution is 2.25. The third-order valence-corrected chi connectivity index (χ3v) is 4.75. The van der Waals surface area contributed by atoms with Gasteiger partial charge < -0.3 is 4.90 Å². The first kappa shape index (κ1) is 16.4. The Morgan fingerprint density at radius 3 is 2.79 bits per heavy atom. The van der Waals surface area contributed by atoms with Crippen molar-refractivity contribution in [2.75, 3.05) is 13.1 Å². The number of nitrogens with zero attached hydrogens (tertiary/aromatic N) is 4. The van der Waals surface area contributed by atoms with Crippen LogP contribution in [-0.2, 0) is 11.3 Å². The minimum atomic E-state index is -0.0130. The number of carbonyl (C=O) groups is 2. The summed E-state index contributed by atoms with van der Waals surface area (Å²) in [6.07, 6.45) is 3.78. The van der Waals surface area contributed by atoms with Crippen molar-refractivity contribution < 1.29 is 9.59 Å². The Morgan fingerprint density at radius 2 is 2.17 bits per heavy atom. The number of amides is 1. The molecule has 1 amide bonds. The number of hydrogen-bond acceptors (Lipinski definition) is 4. The van der Waals surface area contributed by atoms with E-state index in [9.17, 15) is 9.59 Å². The first-order valence-corrected chi connectivity index (χ1v) is 8.29. The molecule has 7 heteroatoms. The minimum absolute atomic E-state index is 0.0130. The zero-order chi connectivity index (χ0) is 17.3. The molecule has 2 aromatic rings. The molecule has 0 aromatic carbocycles. The Morgan fingerprint density at radius 1 is 1.38 bits per heavy atom. The molecule has 1 fully saturated rings. The molecule has 0 unspecified atom stereocenters. The largest absolute Gasteiger partial charge is 0.340 e. The second-order valence-electron chi connectivity index (χ2n) is 6.45. The zero-order valence-corrected chi connectivity index (χ0v) is 14.4. The number of likely N-dealkylation sites (tertiary alicyclic amines) is 1. The van der Waals surface area contributed by atoms with Gasteiger partial charge in [-0.05, 0) is 39.7 Å². The molecular formula is C17H23N5O2. The summed E-state index contributed by atoms with van der Waals surface area (Å²) in [5.74, 6) is 0.333. The van der Waals surface area contributed by atoms with Crippen molar-refractivity contribution in [3.8, 4) is 0 Å². The number of aromatic amines is 1. The Kier molecular flexibility index (Phi) is 4.51. The molecule has 3 heterocycles. The summed E-state index contributed by atoms with van der Waals surface area (Å²) in [6.45, 7) is 6.81. The van der Waals surface area contributed by atoms with Crippen LogP contribution in [0.15, 0.2) is 12.3 Å². The monoisotopic (exact) mass is 329 g/mol. The van der Waals surface area contributed by atoms with Crippen LogP contribution in [0.1, 0.15) is 53.1 Å². The number of rotatable bonds is 4. The van der Waals surface area contributed by atoms with Gasteiger partial charge in [0.2, 0.25) is 5.91 Å². The van der Waals surface area contributed by atoms with Gasteiger partial charge in [0, 0.05) is 36.6 Å². The molecule has 1 saturated heterocycles. The first-order valence-electron chi connectivity index (χ1n) is 8.29. The summed E-state index contributed by atoms with van der Waals surface area (Å²) in [7, 11) is 0. The van der Waals surface area contributed by atoms with Crippen LogP contribution in [0, 0.1) is 13.8 Å². The van der Waals surface area contributed by atoms with E-state index in [0.29, 0.717) is 23.7 Å². The van der Waals surface area contributed by atoms with Crippen molar-refractivity contribution in [3.05, 3.63) is 34.9 Å². The number of H-pyrrole nitrogens is 1. The normalized spacial score (nSPS) is 18.0. The van der Waals surface area contributed by atoms with Gasteiger partial charge in [0.05, 0.1) is 11.3 Å². The predicted octanol–water partition coefficient (Wildman–Crippen LogP) is 1.83. The third-order valence-electron chi connectivity index (χ3n) is 4.75. The highest BCUT2D eigenvalue weighted by molar-refractivity contribution is 5.96. The predicted molar refractivity (Wildman–Crippen MR) is 88.8 cm³/mol. The lowest BCUT2D eigenvalue weighted by Gasteiger charge is -2.32. The summed E-state index contributed by atoms with van der Waals surface area (Å²) >= 11 is 0.